The Balaban J connectivity index is 3.87. The van der Waals surface area contributed by atoms with Crippen molar-refractivity contribution in [3.05, 3.63) is 0 Å². The van der Waals surface area contributed by atoms with Gasteiger partial charge >= 0.3 is 7.60 Å². The molecule has 0 bridgehead atoms. The molecule has 0 aliphatic carbocycles. The van der Waals surface area contributed by atoms with Gasteiger partial charge in [0.25, 0.3) is 0 Å². The molecule has 1 N–H and O–H groups in total. The Bertz CT molecular complexity index is 225. The van der Waals surface area contributed by atoms with E-state index in [0.717, 1.165) is 0 Å². The normalized spacial score (nSPS) is 15.5. The molecule has 0 saturated carbocycles. The third kappa shape index (κ3) is 6.30. The monoisotopic (exact) mass is 222 g/mol. The molecule has 1 atom stereocenters. The van der Waals surface area contributed by atoms with Gasteiger partial charge in [0, 0.05) is 12.3 Å². The summed E-state index contributed by atoms with van der Waals surface area (Å²) in [6.07, 6.45) is 0.752. The summed E-state index contributed by atoms with van der Waals surface area (Å²) in [5, 5.41) is 0. The molecule has 0 aromatic rings. The van der Waals surface area contributed by atoms with E-state index in [2.05, 4.69) is 0 Å². The molecule has 0 rings (SSSR count). The highest BCUT2D eigenvalue weighted by Crippen LogP contribution is 2.42. The van der Waals surface area contributed by atoms with Crippen LogP contribution in [-0.2, 0) is 13.9 Å². The van der Waals surface area contributed by atoms with Gasteiger partial charge in [-0.3, -0.25) is 9.36 Å². The predicted molar refractivity (Wildman–Crippen MR) is 55.4 cm³/mol. The summed E-state index contributed by atoms with van der Waals surface area (Å²) < 4.78 is 16.0. The standard InChI is InChI=1S/C9H19O4P/c1-4-6-13-14(11,12)7-5-9(10)8(2)3/h8H,4-7H2,1-3H3,(H,11,12). The van der Waals surface area contributed by atoms with Crippen molar-refractivity contribution in [3.63, 3.8) is 0 Å². The van der Waals surface area contributed by atoms with Crippen molar-refractivity contribution in [2.45, 2.75) is 33.6 Å². The molecule has 0 saturated heterocycles. The van der Waals surface area contributed by atoms with Crippen LogP contribution in [0.2, 0.25) is 0 Å². The first-order valence-electron chi connectivity index (χ1n) is 4.88. The molecule has 1 unspecified atom stereocenters. The van der Waals surface area contributed by atoms with E-state index in [1.54, 1.807) is 13.8 Å². The van der Waals surface area contributed by atoms with Crippen LogP contribution >= 0.6 is 7.60 Å². The van der Waals surface area contributed by atoms with Crippen LogP contribution < -0.4 is 0 Å². The molecule has 0 heterocycles. The van der Waals surface area contributed by atoms with Crippen LogP contribution in [0.1, 0.15) is 33.6 Å². The summed E-state index contributed by atoms with van der Waals surface area (Å²) in [7, 11) is -3.52. The Hall–Kier alpha value is -0.180. The number of hydrogen-bond acceptors (Lipinski definition) is 3. The Morgan fingerprint density at radius 1 is 1.50 bits per heavy atom. The summed E-state index contributed by atoms with van der Waals surface area (Å²) in [6, 6.07) is 0. The van der Waals surface area contributed by atoms with Gasteiger partial charge in [-0.05, 0) is 6.42 Å². The summed E-state index contributed by atoms with van der Waals surface area (Å²) in [6.45, 7) is 5.68. The maximum absolute atomic E-state index is 11.3. The zero-order valence-electron chi connectivity index (χ0n) is 9.02. The fourth-order valence-electron chi connectivity index (χ4n) is 0.839. The summed E-state index contributed by atoms with van der Waals surface area (Å²) in [5.74, 6) is -0.0828. The van der Waals surface area contributed by atoms with Crippen LogP contribution in [0, 0.1) is 5.92 Å². The van der Waals surface area contributed by atoms with Crippen molar-refractivity contribution < 1.29 is 18.8 Å². The van der Waals surface area contributed by atoms with Crippen LogP contribution in [0.25, 0.3) is 0 Å². The van der Waals surface area contributed by atoms with E-state index in [4.69, 9.17) is 4.52 Å². The molecule has 0 aliphatic rings. The van der Waals surface area contributed by atoms with E-state index in [9.17, 15) is 14.3 Å². The molecule has 0 spiro atoms. The predicted octanol–water partition coefficient (Wildman–Crippen LogP) is 2.21. The van der Waals surface area contributed by atoms with E-state index in [1.807, 2.05) is 6.92 Å². The third-order valence-electron chi connectivity index (χ3n) is 1.78. The molecule has 84 valence electrons. The van der Waals surface area contributed by atoms with Crippen molar-refractivity contribution in [3.8, 4) is 0 Å². The van der Waals surface area contributed by atoms with E-state index < -0.39 is 7.60 Å². The molecule has 4 nitrogen and oxygen atoms in total. The number of ketones is 1. The first-order valence-corrected chi connectivity index (χ1v) is 6.64. The molecule has 0 amide bonds. The third-order valence-corrected chi connectivity index (χ3v) is 3.16. The number of carbonyl (C=O) groups is 1. The minimum absolute atomic E-state index is 0.000580. The van der Waals surface area contributed by atoms with Crippen molar-refractivity contribution in [2.75, 3.05) is 12.8 Å². The number of Topliss-reactive ketones (excluding diaryl/α,β-unsaturated/α-hetero) is 1. The number of carbonyl (C=O) groups excluding carboxylic acids is 1. The quantitative estimate of drug-likeness (QED) is 0.671. The lowest BCUT2D eigenvalue weighted by Crippen LogP contribution is -2.09. The molecule has 14 heavy (non-hydrogen) atoms. The fourth-order valence-corrected chi connectivity index (χ4v) is 1.94. The molecule has 5 heteroatoms. The minimum Gasteiger partial charge on any atom is -0.324 e. The number of rotatable bonds is 7. The summed E-state index contributed by atoms with van der Waals surface area (Å²) >= 11 is 0. The lowest BCUT2D eigenvalue weighted by atomic mass is 10.1. The Labute approximate surface area is 85.2 Å². The smallest absolute Gasteiger partial charge is 0.324 e. The van der Waals surface area contributed by atoms with E-state index >= 15 is 0 Å². The highest BCUT2D eigenvalue weighted by Gasteiger charge is 2.21. The van der Waals surface area contributed by atoms with Crippen LogP contribution in [0.4, 0.5) is 0 Å². The van der Waals surface area contributed by atoms with Gasteiger partial charge in [-0.2, -0.15) is 0 Å². The molecule has 0 radical (unpaired) electrons. The highest BCUT2D eigenvalue weighted by molar-refractivity contribution is 7.52. The van der Waals surface area contributed by atoms with Gasteiger partial charge in [0.1, 0.15) is 5.78 Å². The van der Waals surface area contributed by atoms with Gasteiger partial charge in [-0.1, -0.05) is 20.8 Å². The van der Waals surface area contributed by atoms with Crippen LogP contribution in [0.15, 0.2) is 0 Å². The molecule has 0 aliphatic heterocycles. The lowest BCUT2D eigenvalue weighted by Gasteiger charge is -2.11. The summed E-state index contributed by atoms with van der Waals surface area (Å²) in [4.78, 5) is 20.4. The van der Waals surface area contributed by atoms with E-state index in [1.165, 1.54) is 0 Å². The molecular weight excluding hydrogens is 203 g/mol. The fraction of sp³-hybridized carbons (Fsp3) is 0.889. The van der Waals surface area contributed by atoms with E-state index in [0.29, 0.717) is 6.42 Å². The van der Waals surface area contributed by atoms with Gasteiger partial charge in [0.2, 0.25) is 0 Å². The lowest BCUT2D eigenvalue weighted by molar-refractivity contribution is -0.121. The topological polar surface area (TPSA) is 63.6 Å². The minimum atomic E-state index is -3.52. The van der Waals surface area contributed by atoms with Gasteiger partial charge in [0.15, 0.2) is 0 Å². The summed E-state index contributed by atoms with van der Waals surface area (Å²) in [5.41, 5.74) is 0. The average Bonchev–Trinajstić information content (AvgIpc) is 2.11. The van der Waals surface area contributed by atoms with Gasteiger partial charge in [0.05, 0.1) is 12.8 Å². The Kier molecular flexibility index (Phi) is 6.25. The van der Waals surface area contributed by atoms with Gasteiger partial charge in [-0.15, -0.1) is 0 Å². The van der Waals surface area contributed by atoms with Crippen LogP contribution in [-0.4, -0.2) is 23.4 Å². The molecular formula is C9H19O4P. The maximum Gasteiger partial charge on any atom is 0.328 e. The second kappa shape index (κ2) is 6.33. The molecule has 0 aromatic carbocycles. The molecule has 0 fully saturated rings. The van der Waals surface area contributed by atoms with Crippen molar-refractivity contribution in [2.24, 2.45) is 5.92 Å². The SMILES string of the molecule is CCCOP(=O)(O)CCC(=O)C(C)C. The highest BCUT2D eigenvalue weighted by atomic mass is 31.2. The van der Waals surface area contributed by atoms with Crippen LogP contribution in [0.3, 0.4) is 0 Å². The Morgan fingerprint density at radius 2 is 2.07 bits per heavy atom. The Morgan fingerprint density at radius 3 is 2.50 bits per heavy atom. The first kappa shape index (κ1) is 13.8. The van der Waals surface area contributed by atoms with E-state index in [-0.39, 0.29) is 30.9 Å². The van der Waals surface area contributed by atoms with Crippen molar-refractivity contribution in [1.29, 1.82) is 0 Å². The van der Waals surface area contributed by atoms with Gasteiger partial charge < -0.3 is 9.42 Å². The largest absolute Gasteiger partial charge is 0.328 e. The second-order valence-corrected chi connectivity index (χ2v) is 5.55. The van der Waals surface area contributed by atoms with Gasteiger partial charge in [-0.25, -0.2) is 0 Å². The average molecular weight is 222 g/mol. The number of hydrogen-bond donors (Lipinski definition) is 1. The van der Waals surface area contributed by atoms with Crippen LogP contribution in [0.5, 0.6) is 0 Å². The second-order valence-electron chi connectivity index (χ2n) is 3.57. The van der Waals surface area contributed by atoms with Crippen molar-refractivity contribution in [1.82, 2.24) is 0 Å². The van der Waals surface area contributed by atoms with Crippen molar-refractivity contribution >= 4 is 13.4 Å². The molecule has 0 aromatic heterocycles. The zero-order valence-corrected chi connectivity index (χ0v) is 9.92. The zero-order chi connectivity index (χ0) is 11.2. The maximum atomic E-state index is 11.3. The first-order chi connectivity index (χ1) is 6.39.